The van der Waals surface area contributed by atoms with Gasteiger partial charge in [0.05, 0.1) is 12.2 Å². The molecule has 5 rings (SSSR count). The van der Waals surface area contributed by atoms with Crippen molar-refractivity contribution in [2.24, 2.45) is 4.99 Å². The molecular formula is C27H24N2O4S. The summed E-state index contributed by atoms with van der Waals surface area (Å²) >= 11 is 1.48. The molecule has 0 atom stereocenters. The van der Waals surface area contributed by atoms with Crippen molar-refractivity contribution < 1.29 is 18.7 Å². The largest absolute Gasteiger partial charge is 0.462 e. The van der Waals surface area contributed by atoms with Crippen LogP contribution in [0.4, 0.5) is 10.7 Å². The standard InChI is InChI=1S/C27H24N2O4S/c1-2-32-27(31)23-19-13-7-9-15-22(19)34-26(23)29-25-20(16-17-10-6-8-14-21(17)33-25)24(30)28-18-11-4-3-5-12-18/h3-6,8,10-12,14,16H,2,7,9,13,15H2,1H3,(H,28,30). The number of para-hydroxylation sites is 2. The van der Waals surface area contributed by atoms with Gasteiger partial charge in [0, 0.05) is 16.0 Å². The van der Waals surface area contributed by atoms with Crippen molar-refractivity contribution in [3.8, 4) is 0 Å². The minimum atomic E-state index is -0.378. The van der Waals surface area contributed by atoms with Crippen LogP contribution in [0.2, 0.25) is 0 Å². The molecule has 0 unspecified atom stereocenters. The lowest BCUT2D eigenvalue weighted by atomic mass is 9.95. The van der Waals surface area contributed by atoms with Gasteiger partial charge in [0.2, 0.25) is 5.55 Å². The first kappa shape index (κ1) is 22.1. The predicted molar refractivity (Wildman–Crippen MR) is 133 cm³/mol. The first-order chi connectivity index (χ1) is 16.6. The van der Waals surface area contributed by atoms with E-state index >= 15 is 0 Å². The number of anilines is 1. The van der Waals surface area contributed by atoms with Gasteiger partial charge < -0.3 is 14.5 Å². The SMILES string of the molecule is CCOC(=O)c1c(N=c2oc3ccccc3cc2C(=O)Nc2ccccc2)sc2c1CCCC2. The van der Waals surface area contributed by atoms with Crippen molar-refractivity contribution >= 4 is 44.9 Å². The summed E-state index contributed by atoms with van der Waals surface area (Å²) in [7, 11) is 0. The average Bonchev–Trinajstić information content (AvgIpc) is 3.22. The minimum Gasteiger partial charge on any atom is -0.462 e. The number of carbonyl (C=O) groups is 2. The van der Waals surface area contributed by atoms with Gasteiger partial charge in [0.1, 0.15) is 16.1 Å². The first-order valence-corrected chi connectivity index (χ1v) is 12.2. The fourth-order valence-electron chi connectivity index (χ4n) is 4.17. The quantitative estimate of drug-likeness (QED) is 0.359. The normalized spacial score (nSPS) is 13.5. The summed E-state index contributed by atoms with van der Waals surface area (Å²) in [6, 6.07) is 18.5. The molecule has 0 spiro atoms. The molecule has 1 aliphatic carbocycles. The van der Waals surface area contributed by atoms with Crippen molar-refractivity contribution in [2.45, 2.75) is 32.6 Å². The van der Waals surface area contributed by atoms with Gasteiger partial charge in [-0.25, -0.2) is 9.79 Å². The van der Waals surface area contributed by atoms with E-state index in [9.17, 15) is 9.59 Å². The molecule has 0 bridgehead atoms. The summed E-state index contributed by atoms with van der Waals surface area (Å²) in [4.78, 5) is 32.0. The van der Waals surface area contributed by atoms with E-state index in [1.54, 1.807) is 13.0 Å². The summed E-state index contributed by atoms with van der Waals surface area (Å²) in [5, 5.41) is 4.22. The van der Waals surface area contributed by atoms with Gasteiger partial charge >= 0.3 is 5.97 Å². The number of carbonyl (C=O) groups excluding carboxylic acids is 2. The zero-order valence-electron chi connectivity index (χ0n) is 18.8. The molecule has 0 saturated heterocycles. The third-order valence-electron chi connectivity index (χ3n) is 5.77. The van der Waals surface area contributed by atoms with E-state index in [4.69, 9.17) is 14.1 Å². The molecule has 172 valence electrons. The summed E-state index contributed by atoms with van der Waals surface area (Å²) in [6.07, 6.45) is 3.85. The maximum absolute atomic E-state index is 13.3. The number of amides is 1. The number of fused-ring (bicyclic) bond motifs is 2. The van der Waals surface area contributed by atoms with E-state index in [0.717, 1.165) is 41.5 Å². The van der Waals surface area contributed by atoms with Crippen LogP contribution in [0.1, 0.15) is 50.9 Å². The van der Waals surface area contributed by atoms with Crippen LogP contribution in [0.25, 0.3) is 11.0 Å². The third kappa shape index (κ3) is 4.39. The molecular weight excluding hydrogens is 448 g/mol. The number of aryl methyl sites for hydroxylation is 1. The highest BCUT2D eigenvalue weighted by Gasteiger charge is 2.27. The van der Waals surface area contributed by atoms with Crippen LogP contribution in [-0.4, -0.2) is 18.5 Å². The minimum absolute atomic E-state index is 0.163. The molecule has 7 heteroatoms. The molecule has 1 amide bonds. The second-order valence-electron chi connectivity index (χ2n) is 8.05. The van der Waals surface area contributed by atoms with Gasteiger partial charge in [-0.2, -0.15) is 0 Å². The smallest absolute Gasteiger partial charge is 0.341 e. The van der Waals surface area contributed by atoms with Gasteiger partial charge in [0.15, 0.2) is 0 Å². The second-order valence-corrected chi connectivity index (χ2v) is 9.13. The maximum Gasteiger partial charge on any atom is 0.341 e. The molecule has 4 aromatic rings. The fraction of sp³-hybridized carbons (Fsp3) is 0.222. The van der Waals surface area contributed by atoms with E-state index in [-0.39, 0.29) is 24.0 Å². The average molecular weight is 473 g/mol. The number of nitrogens with zero attached hydrogens (tertiary/aromatic N) is 1. The van der Waals surface area contributed by atoms with Crippen molar-refractivity contribution in [1.29, 1.82) is 0 Å². The Balaban J connectivity index is 1.68. The summed E-state index contributed by atoms with van der Waals surface area (Å²) < 4.78 is 11.5. The second kappa shape index (κ2) is 9.65. The molecule has 0 saturated carbocycles. The zero-order chi connectivity index (χ0) is 23.5. The highest BCUT2D eigenvalue weighted by molar-refractivity contribution is 7.16. The lowest BCUT2D eigenvalue weighted by molar-refractivity contribution is 0.0526. The maximum atomic E-state index is 13.3. The van der Waals surface area contributed by atoms with Gasteiger partial charge in [-0.05, 0) is 62.4 Å². The molecule has 0 radical (unpaired) electrons. The van der Waals surface area contributed by atoms with Crippen LogP contribution in [0.3, 0.4) is 0 Å². The number of esters is 1. The molecule has 0 fully saturated rings. The van der Waals surface area contributed by atoms with Crippen LogP contribution in [0, 0.1) is 0 Å². The van der Waals surface area contributed by atoms with Crippen LogP contribution in [0.15, 0.2) is 70.1 Å². The summed E-state index contributed by atoms with van der Waals surface area (Å²) in [6.45, 7) is 2.08. The highest BCUT2D eigenvalue weighted by Crippen LogP contribution is 2.40. The Morgan fingerprint density at radius 3 is 2.65 bits per heavy atom. The predicted octanol–water partition coefficient (Wildman–Crippen LogP) is 6.03. The molecule has 34 heavy (non-hydrogen) atoms. The van der Waals surface area contributed by atoms with Crippen LogP contribution in [-0.2, 0) is 17.6 Å². The van der Waals surface area contributed by atoms with Crippen molar-refractivity contribution in [3.05, 3.63) is 87.8 Å². The van der Waals surface area contributed by atoms with Gasteiger partial charge in [-0.3, -0.25) is 4.79 Å². The Morgan fingerprint density at radius 2 is 1.82 bits per heavy atom. The van der Waals surface area contributed by atoms with Crippen molar-refractivity contribution in [3.63, 3.8) is 0 Å². The lowest BCUT2D eigenvalue weighted by Crippen LogP contribution is -2.21. The molecule has 1 N–H and O–H groups in total. The van der Waals surface area contributed by atoms with Crippen molar-refractivity contribution in [1.82, 2.24) is 0 Å². The Hall–Kier alpha value is -3.71. The van der Waals surface area contributed by atoms with E-state index in [1.165, 1.54) is 11.3 Å². The number of ether oxygens (including phenoxy) is 1. The van der Waals surface area contributed by atoms with E-state index in [0.29, 0.717) is 27.4 Å². The molecule has 0 aliphatic heterocycles. The number of hydrogen-bond donors (Lipinski definition) is 1. The number of hydrogen-bond acceptors (Lipinski definition) is 6. The Morgan fingerprint density at radius 1 is 1.06 bits per heavy atom. The third-order valence-corrected chi connectivity index (χ3v) is 6.95. The number of nitrogens with one attached hydrogen (secondary N) is 1. The summed E-state index contributed by atoms with van der Waals surface area (Å²) in [5.74, 6) is -0.713. The Bertz CT molecular complexity index is 1440. The lowest BCUT2D eigenvalue weighted by Gasteiger charge is -2.11. The molecule has 2 aromatic carbocycles. The van der Waals surface area contributed by atoms with Crippen LogP contribution >= 0.6 is 11.3 Å². The topological polar surface area (TPSA) is 80.9 Å². The van der Waals surface area contributed by atoms with Crippen molar-refractivity contribution in [2.75, 3.05) is 11.9 Å². The van der Waals surface area contributed by atoms with Gasteiger partial charge in [0.25, 0.3) is 5.91 Å². The van der Waals surface area contributed by atoms with Gasteiger partial charge in [-0.1, -0.05) is 36.4 Å². The molecule has 6 nitrogen and oxygen atoms in total. The van der Waals surface area contributed by atoms with Crippen LogP contribution in [0.5, 0.6) is 0 Å². The van der Waals surface area contributed by atoms with E-state index in [1.807, 2.05) is 54.6 Å². The zero-order valence-corrected chi connectivity index (χ0v) is 19.6. The number of benzene rings is 2. The molecule has 2 aromatic heterocycles. The number of rotatable bonds is 5. The highest BCUT2D eigenvalue weighted by atomic mass is 32.1. The van der Waals surface area contributed by atoms with Crippen LogP contribution < -0.4 is 10.9 Å². The Labute approximate surface area is 200 Å². The summed E-state index contributed by atoms with van der Waals surface area (Å²) in [5.41, 5.74) is 3.26. The van der Waals surface area contributed by atoms with E-state index < -0.39 is 0 Å². The first-order valence-electron chi connectivity index (χ1n) is 11.4. The molecule has 1 aliphatic rings. The monoisotopic (exact) mass is 472 g/mol. The fourth-order valence-corrected chi connectivity index (χ4v) is 5.42. The number of thiophene rings is 1. The molecule has 2 heterocycles. The Kier molecular flexibility index (Phi) is 6.27. The van der Waals surface area contributed by atoms with Gasteiger partial charge in [-0.15, -0.1) is 11.3 Å². The van der Waals surface area contributed by atoms with E-state index in [2.05, 4.69) is 5.32 Å².